The first-order chi connectivity index (χ1) is 8.61. The van der Waals surface area contributed by atoms with E-state index in [4.69, 9.17) is 27.2 Å². The molecule has 1 aliphatic rings. The van der Waals surface area contributed by atoms with Crippen LogP contribution in [0.4, 0.5) is 10.2 Å². The Labute approximate surface area is 108 Å². The molecular formula is C10H15ClFN3O3. The van der Waals surface area contributed by atoms with Gasteiger partial charge in [0.1, 0.15) is 5.82 Å². The van der Waals surface area contributed by atoms with Gasteiger partial charge in [0, 0.05) is 6.20 Å². The van der Waals surface area contributed by atoms with Gasteiger partial charge in [0.05, 0.1) is 25.3 Å². The molecular weight excluding hydrogens is 265 g/mol. The molecule has 3 atom stereocenters. The number of anilines is 1. The molecule has 102 valence electrons. The summed E-state index contributed by atoms with van der Waals surface area (Å²) in [6.45, 7) is -0.114. The predicted molar refractivity (Wildman–Crippen MR) is 65.2 cm³/mol. The molecule has 2 heterocycles. The lowest BCUT2D eigenvalue weighted by molar-refractivity contribution is -0.0237. The van der Waals surface area contributed by atoms with Gasteiger partial charge >= 0.3 is 5.69 Å². The summed E-state index contributed by atoms with van der Waals surface area (Å²) in [6.07, 6.45) is 1.06. The minimum absolute atomic E-state index is 0.114. The fourth-order valence-electron chi connectivity index (χ4n) is 1.68. The third kappa shape index (κ3) is 3.18. The van der Waals surface area contributed by atoms with Crippen LogP contribution in [0.2, 0.25) is 0 Å². The van der Waals surface area contributed by atoms with Crippen molar-refractivity contribution in [2.45, 2.75) is 24.1 Å². The summed E-state index contributed by atoms with van der Waals surface area (Å²) in [5, 5.41) is 8.59. The second-order valence-corrected chi connectivity index (χ2v) is 4.19. The van der Waals surface area contributed by atoms with E-state index in [1.165, 1.54) is 16.8 Å². The van der Waals surface area contributed by atoms with E-state index in [1.807, 2.05) is 0 Å². The number of alkyl halides is 2. The zero-order valence-corrected chi connectivity index (χ0v) is 10.5. The van der Waals surface area contributed by atoms with E-state index in [1.54, 1.807) is 0 Å². The first-order valence-electron chi connectivity index (χ1n) is 5.24. The van der Waals surface area contributed by atoms with Crippen molar-refractivity contribution < 1.29 is 14.2 Å². The van der Waals surface area contributed by atoms with Crippen LogP contribution in [0.25, 0.3) is 0 Å². The molecule has 0 aromatic carbocycles. The maximum Gasteiger partial charge on any atom is 0.351 e. The molecule has 0 aliphatic carbocycles. The Balaban J connectivity index is 0.000000771. The Bertz CT molecular complexity index is 443. The fraction of sp³-hybridized carbons (Fsp3) is 0.600. The lowest BCUT2D eigenvalue weighted by Crippen LogP contribution is -2.30. The zero-order valence-electron chi connectivity index (χ0n) is 9.79. The lowest BCUT2D eigenvalue weighted by atomic mass is 10.2. The number of aromatic nitrogens is 2. The maximum absolute atomic E-state index is 11.5. The summed E-state index contributed by atoms with van der Waals surface area (Å²) in [4.78, 5) is 15.1. The van der Waals surface area contributed by atoms with Gasteiger partial charge in [0.25, 0.3) is 0 Å². The van der Waals surface area contributed by atoms with E-state index in [0.717, 1.165) is 0 Å². The standard InChI is InChI=1S/C9H12ClN3O3.CH3F/c10-6-3-5(4-14)16-8(6)13-2-1-7(11)12-9(13)15;1-2/h1-2,5-6,8,14H,3-4H2,(H2,11,12,15);1H3. The Morgan fingerprint density at radius 3 is 2.89 bits per heavy atom. The quantitative estimate of drug-likeness (QED) is 0.760. The Morgan fingerprint density at radius 2 is 2.39 bits per heavy atom. The van der Waals surface area contributed by atoms with Crippen molar-refractivity contribution in [1.29, 1.82) is 0 Å². The third-order valence-electron chi connectivity index (χ3n) is 2.46. The molecule has 1 saturated heterocycles. The number of nitrogen functional groups attached to an aromatic ring is 1. The normalized spacial score (nSPS) is 26.6. The van der Waals surface area contributed by atoms with Crippen molar-refractivity contribution in [3.63, 3.8) is 0 Å². The molecule has 3 N–H and O–H groups in total. The third-order valence-corrected chi connectivity index (χ3v) is 2.85. The highest BCUT2D eigenvalue weighted by molar-refractivity contribution is 6.21. The molecule has 0 saturated carbocycles. The molecule has 0 radical (unpaired) electrons. The number of aliphatic hydroxyl groups is 1. The number of ether oxygens (including phenoxy) is 1. The monoisotopic (exact) mass is 279 g/mol. The number of nitrogens with two attached hydrogens (primary N) is 1. The van der Waals surface area contributed by atoms with Crippen molar-refractivity contribution in [2.24, 2.45) is 0 Å². The second kappa shape index (κ2) is 6.67. The van der Waals surface area contributed by atoms with Gasteiger partial charge in [-0.3, -0.25) is 8.96 Å². The van der Waals surface area contributed by atoms with E-state index < -0.39 is 11.9 Å². The van der Waals surface area contributed by atoms with E-state index >= 15 is 0 Å². The Kier molecular flexibility index (Phi) is 5.52. The molecule has 6 nitrogen and oxygen atoms in total. The average Bonchev–Trinajstić information content (AvgIpc) is 2.73. The molecule has 2 rings (SSSR count). The van der Waals surface area contributed by atoms with Crippen LogP contribution in [0.1, 0.15) is 12.6 Å². The number of aliphatic hydroxyl groups excluding tert-OH is 1. The topological polar surface area (TPSA) is 90.4 Å². The SMILES string of the molecule is CF.Nc1ccn(C2OC(CO)CC2Cl)c(=O)n1. The van der Waals surface area contributed by atoms with Crippen LogP contribution in [0, 0.1) is 0 Å². The van der Waals surface area contributed by atoms with Crippen molar-refractivity contribution in [1.82, 2.24) is 9.55 Å². The lowest BCUT2D eigenvalue weighted by Gasteiger charge is -2.16. The minimum atomic E-state index is -0.598. The van der Waals surface area contributed by atoms with Crippen LogP contribution in [0.3, 0.4) is 0 Å². The van der Waals surface area contributed by atoms with Crippen LogP contribution in [0.5, 0.6) is 0 Å². The van der Waals surface area contributed by atoms with Gasteiger partial charge in [-0.1, -0.05) is 0 Å². The van der Waals surface area contributed by atoms with Gasteiger partial charge in [0.2, 0.25) is 0 Å². The van der Waals surface area contributed by atoms with E-state index in [0.29, 0.717) is 13.6 Å². The molecule has 8 heteroatoms. The molecule has 3 unspecified atom stereocenters. The average molecular weight is 280 g/mol. The van der Waals surface area contributed by atoms with Crippen LogP contribution in [-0.4, -0.2) is 39.9 Å². The first kappa shape index (κ1) is 14.9. The number of halogens is 2. The molecule has 0 amide bonds. The molecule has 1 aromatic rings. The van der Waals surface area contributed by atoms with Gasteiger partial charge in [-0.15, -0.1) is 11.6 Å². The summed E-state index contributed by atoms with van der Waals surface area (Å²) in [5.74, 6) is 0.157. The van der Waals surface area contributed by atoms with Gasteiger partial charge < -0.3 is 15.6 Å². The maximum atomic E-state index is 11.5. The number of hydrogen-bond acceptors (Lipinski definition) is 5. The molecule has 1 aromatic heterocycles. The van der Waals surface area contributed by atoms with Crippen molar-refractivity contribution in [3.05, 3.63) is 22.7 Å². The van der Waals surface area contributed by atoms with Crippen molar-refractivity contribution >= 4 is 17.4 Å². The molecule has 0 spiro atoms. The largest absolute Gasteiger partial charge is 0.394 e. The first-order valence-corrected chi connectivity index (χ1v) is 5.68. The summed E-state index contributed by atoms with van der Waals surface area (Å²) >= 11 is 6.04. The molecule has 18 heavy (non-hydrogen) atoms. The molecule has 0 bridgehead atoms. The molecule has 1 aliphatic heterocycles. The highest BCUT2D eigenvalue weighted by Gasteiger charge is 2.35. The minimum Gasteiger partial charge on any atom is -0.394 e. The summed E-state index contributed by atoms with van der Waals surface area (Å²) in [6, 6.07) is 1.50. The van der Waals surface area contributed by atoms with E-state index in [-0.39, 0.29) is 23.9 Å². The highest BCUT2D eigenvalue weighted by atomic mass is 35.5. The second-order valence-electron chi connectivity index (χ2n) is 3.63. The summed E-state index contributed by atoms with van der Waals surface area (Å²) < 4.78 is 16.2. The van der Waals surface area contributed by atoms with Crippen molar-refractivity contribution in [3.8, 4) is 0 Å². The molecule has 1 fully saturated rings. The van der Waals surface area contributed by atoms with Gasteiger partial charge in [-0.2, -0.15) is 4.98 Å². The van der Waals surface area contributed by atoms with Crippen molar-refractivity contribution in [2.75, 3.05) is 19.5 Å². The number of rotatable bonds is 2. The fourth-order valence-corrected chi connectivity index (χ4v) is 2.06. The van der Waals surface area contributed by atoms with Crippen LogP contribution in [-0.2, 0) is 4.74 Å². The Morgan fingerprint density at radius 1 is 1.72 bits per heavy atom. The van der Waals surface area contributed by atoms with Gasteiger partial charge in [0.15, 0.2) is 6.23 Å². The van der Waals surface area contributed by atoms with Crippen LogP contribution >= 0.6 is 11.6 Å². The Hall–Kier alpha value is -1.18. The van der Waals surface area contributed by atoms with Crippen LogP contribution in [0.15, 0.2) is 17.1 Å². The smallest absolute Gasteiger partial charge is 0.351 e. The van der Waals surface area contributed by atoms with Gasteiger partial charge in [-0.25, -0.2) is 4.79 Å². The van der Waals surface area contributed by atoms with Gasteiger partial charge in [-0.05, 0) is 12.5 Å². The van der Waals surface area contributed by atoms with Crippen LogP contribution < -0.4 is 11.4 Å². The number of nitrogens with zero attached hydrogens (tertiary/aromatic N) is 2. The summed E-state index contributed by atoms with van der Waals surface area (Å²) in [5.41, 5.74) is 4.87. The van der Waals surface area contributed by atoms with E-state index in [2.05, 4.69) is 4.98 Å². The highest BCUT2D eigenvalue weighted by Crippen LogP contribution is 2.31. The number of hydrogen-bond donors (Lipinski definition) is 2. The van der Waals surface area contributed by atoms with E-state index in [9.17, 15) is 9.18 Å². The predicted octanol–water partition coefficient (Wildman–Crippen LogP) is 0.298. The summed E-state index contributed by atoms with van der Waals surface area (Å²) in [7, 11) is 0.500. The zero-order chi connectivity index (χ0) is 13.7.